The number of anilines is 2. The molecule has 11 heteroatoms. The van der Waals surface area contributed by atoms with Gasteiger partial charge >= 0.3 is 12.0 Å². The monoisotopic (exact) mass is 439 g/mol. The Morgan fingerprint density at radius 2 is 2.10 bits per heavy atom. The van der Waals surface area contributed by atoms with Gasteiger partial charge in [-0.25, -0.2) is 14.0 Å². The molecule has 31 heavy (non-hydrogen) atoms. The van der Waals surface area contributed by atoms with Crippen molar-refractivity contribution in [1.82, 2.24) is 0 Å². The summed E-state index contributed by atoms with van der Waals surface area (Å²) in [6.45, 7) is 2.36. The number of hydroxylamine groups is 2. The van der Waals surface area contributed by atoms with Crippen molar-refractivity contribution in [2.45, 2.75) is 37.8 Å². The van der Waals surface area contributed by atoms with Crippen LogP contribution < -0.4 is 14.9 Å². The highest BCUT2D eigenvalue weighted by Gasteiger charge is 2.44. The van der Waals surface area contributed by atoms with Gasteiger partial charge in [-0.1, -0.05) is 0 Å². The molecular weight excluding hydrogens is 413 g/mol. The summed E-state index contributed by atoms with van der Waals surface area (Å²) in [7, 11) is 0. The smallest absolute Gasteiger partial charge is 0.414 e. The number of carbonyl (C=O) groups is 2. The van der Waals surface area contributed by atoms with Crippen molar-refractivity contribution in [2.75, 3.05) is 49.2 Å². The molecule has 3 heterocycles. The Bertz CT molecular complexity index is 846. The standard InChI is InChI=1S/C20H26FN3O7/c1-13(26)24(28)10-15-9-23(19(27)30-15)14-2-3-18(17(21)8-14)22-6-4-20(5-7-22)29-12-16(11-25)31-20/h2-3,8,15-16,24-25H,4-7,9-12H2,1H3/t15-,16?/m0/s1. The molecule has 170 valence electrons. The summed E-state index contributed by atoms with van der Waals surface area (Å²) < 4.78 is 31.6. The molecular formula is C20H26FN3O7. The Hall–Kier alpha value is -2.31. The van der Waals surface area contributed by atoms with Gasteiger partial charge in [0.15, 0.2) is 11.9 Å². The molecule has 3 fully saturated rings. The number of amides is 2. The van der Waals surface area contributed by atoms with Crippen molar-refractivity contribution < 1.29 is 38.4 Å². The number of benzene rings is 1. The number of hydrogen-bond acceptors (Lipinski definition) is 8. The molecule has 3 atom stereocenters. The predicted octanol–water partition coefficient (Wildman–Crippen LogP) is -0.216. The maximum absolute atomic E-state index is 14.9. The Balaban J connectivity index is 1.39. The number of aliphatic hydroxyl groups excluding tert-OH is 1. The largest absolute Gasteiger partial charge is 0.627 e. The highest BCUT2D eigenvalue weighted by molar-refractivity contribution is 5.90. The lowest BCUT2D eigenvalue weighted by Crippen LogP contribution is -3.10. The molecule has 2 unspecified atom stereocenters. The number of nitrogens with zero attached hydrogens (tertiary/aromatic N) is 2. The van der Waals surface area contributed by atoms with Crippen molar-refractivity contribution in [3.63, 3.8) is 0 Å². The van der Waals surface area contributed by atoms with Crippen LogP contribution >= 0.6 is 0 Å². The third-order valence-corrected chi connectivity index (χ3v) is 5.91. The molecule has 0 bridgehead atoms. The summed E-state index contributed by atoms with van der Waals surface area (Å²) in [4.78, 5) is 26.4. The van der Waals surface area contributed by atoms with E-state index in [0.717, 1.165) is 0 Å². The fourth-order valence-corrected chi connectivity index (χ4v) is 4.17. The maximum atomic E-state index is 14.9. The topological polar surface area (TPSA) is 116 Å². The maximum Gasteiger partial charge on any atom is 0.414 e. The van der Waals surface area contributed by atoms with Crippen LogP contribution in [0.2, 0.25) is 0 Å². The van der Waals surface area contributed by atoms with Crippen LogP contribution in [0.3, 0.4) is 0 Å². The number of quaternary nitrogens is 1. The highest BCUT2D eigenvalue weighted by Crippen LogP contribution is 2.36. The molecule has 10 nitrogen and oxygen atoms in total. The van der Waals surface area contributed by atoms with E-state index >= 15 is 0 Å². The molecule has 1 aromatic carbocycles. The fourth-order valence-electron chi connectivity index (χ4n) is 4.17. The molecule has 0 aliphatic carbocycles. The summed E-state index contributed by atoms with van der Waals surface area (Å²) >= 11 is 0. The summed E-state index contributed by atoms with van der Waals surface area (Å²) in [5, 5.41) is 20.2. The normalized spacial score (nSPS) is 26.4. The fraction of sp³-hybridized carbons (Fsp3) is 0.600. The zero-order valence-corrected chi connectivity index (χ0v) is 17.2. The van der Waals surface area contributed by atoms with Crippen LogP contribution in [-0.2, 0) is 19.0 Å². The van der Waals surface area contributed by atoms with Gasteiger partial charge in [-0.15, -0.1) is 0 Å². The minimum atomic E-state index is -0.737. The van der Waals surface area contributed by atoms with E-state index in [0.29, 0.717) is 43.9 Å². The molecule has 4 rings (SSSR count). The summed E-state index contributed by atoms with van der Waals surface area (Å²) in [5.41, 5.74) is 0.733. The Labute approximate surface area is 178 Å². The first-order chi connectivity index (χ1) is 14.8. The molecule has 3 aliphatic heterocycles. The van der Waals surface area contributed by atoms with E-state index in [-0.39, 0.29) is 25.8 Å². The molecule has 0 saturated carbocycles. The first-order valence-corrected chi connectivity index (χ1v) is 10.3. The van der Waals surface area contributed by atoms with Crippen molar-refractivity contribution >= 4 is 23.4 Å². The first-order valence-electron chi connectivity index (χ1n) is 10.3. The van der Waals surface area contributed by atoms with Crippen LogP contribution in [-0.4, -0.2) is 74.5 Å². The molecule has 0 aromatic heterocycles. The van der Waals surface area contributed by atoms with Crippen molar-refractivity contribution in [3.05, 3.63) is 29.2 Å². The lowest BCUT2D eigenvalue weighted by atomic mass is 10.0. The lowest BCUT2D eigenvalue weighted by Gasteiger charge is -2.39. The number of nitrogens with one attached hydrogen (secondary N) is 1. The van der Waals surface area contributed by atoms with Crippen molar-refractivity contribution in [1.29, 1.82) is 0 Å². The third kappa shape index (κ3) is 4.51. The van der Waals surface area contributed by atoms with Gasteiger partial charge in [0.05, 0.1) is 38.1 Å². The average Bonchev–Trinajstić information content (AvgIpc) is 3.32. The second kappa shape index (κ2) is 8.67. The van der Waals surface area contributed by atoms with Crippen LogP contribution in [0.25, 0.3) is 0 Å². The number of carbonyl (C=O) groups excluding carboxylic acids is 2. The van der Waals surface area contributed by atoms with E-state index < -0.39 is 34.8 Å². The predicted molar refractivity (Wildman–Crippen MR) is 106 cm³/mol. The van der Waals surface area contributed by atoms with Crippen LogP contribution in [0.5, 0.6) is 0 Å². The third-order valence-electron chi connectivity index (χ3n) is 5.91. The number of aliphatic hydroxyl groups is 1. The van der Waals surface area contributed by atoms with E-state index in [2.05, 4.69) is 0 Å². The number of cyclic esters (lactones) is 1. The Kier molecular flexibility index (Phi) is 6.13. The highest BCUT2D eigenvalue weighted by atomic mass is 19.1. The summed E-state index contributed by atoms with van der Waals surface area (Å²) in [6, 6.07) is 4.50. The van der Waals surface area contributed by atoms with Gasteiger partial charge in [0.2, 0.25) is 0 Å². The molecule has 1 aromatic rings. The molecule has 3 saturated heterocycles. The molecule has 0 radical (unpaired) electrons. The molecule has 1 spiro atoms. The van der Waals surface area contributed by atoms with Gasteiger partial charge in [0, 0.05) is 25.9 Å². The van der Waals surface area contributed by atoms with Crippen molar-refractivity contribution in [2.24, 2.45) is 0 Å². The van der Waals surface area contributed by atoms with Gasteiger partial charge in [0.25, 0.3) is 0 Å². The molecule has 2 N–H and O–H groups in total. The van der Waals surface area contributed by atoms with Crippen LogP contribution in [0, 0.1) is 11.0 Å². The van der Waals surface area contributed by atoms with Crippen LogP contribution in [0.15, 0.2) is 18.2 Å². The van der Waals surface area contributed by atoms with E-state index in [4.69, 9.17) is 14.2 Å². The van der Waals surface area contributed by atoms with E-state index in [1.54, 1.807) is 12.1 Å². The lowest BCUT2D eigenvalue weighted by molar-refractivity contribution is -0.768. The number of hydrogen-bond donors (Lipinski definition) is 2. The zero-order valence-electron chi connectivity index (χ0n) is 17.2. The van der Waals surface area contributed by atoms with E-state index in [1.165, 1.54) is 17.9 Å². The number of rotatable bonds is 5. The van der Waals surface area contributed by atoms with Gasteiger partial charge < -0.3 is 34.5 Å². The molecule has 3 aliphatic rings. The van der Waals surface area contributed by atoms with Gasteiger partial charge in [0.1, 0.15) is 18.5 Å². The molecule has 2 amide bonds. The quantitative estimate of drug-likeness (QED) is 0.606. The van der Waals surface area contributed by atoms with E-state index in [9.17, 15) is 24.3 Å². The SMILES string of the molecule is CC(=O)[NH+]([O-])C[C@@H]1CN(c2ccc(N3CCC4(CC3)OCC(CO)O4)c(F)c2)C(=O)O1. The van der Waals surface area contributed by atoms with Gasteiger partial charge in [-0.05, 0) is 18.2 Å². The second-order valence-electron chi connectivity index (χ2n) is 8.07. The zero-order chi connectivity index (χ0) is 22.2. The van der Waals surface area contributed by atoms with E-state index in [1.807, 2.05) is 4.90 Å². The van der Waals surface area contributed by atoms with Gasteiger partial charge in [-0.3, -0.25) is 4.90 Å². The number of halogens is 1. The number of ether oxygens (including phenoxy) is 3. The second-order valence-corrected chi connectivity index (χ2v) is 8.07. The Morgan fingerprint density at radius 1 is 1.35 bits per heavy atom. The minimum Gasteiger partial charge on any atom is -0.627 e. The van der Waals surface area contributed by atoms with Crippen LogP contribution in [0.1, 0.15) is 19.8 Å². The Morgan fingerprint density at radius 3 is 2.71 bits per heavy atom. The number of piperidine rings is 1. The van der Waals surface area contributed by atoms with Gasteiger partial charge in [-0.2, -0.15) is 0 Å². The first kappa shape index (κ1) is 21.9. The summed E-state index contributed by atoms with van der Waals surface area (Å²) in [5.74, 6) is -1.79. The summed E-state index contributed by atoms with van der Waals surface area (Å²) in [6.07, 6.45) is -0.636. The van der Waals surface area contributed by atoms with Crippen molar-refractivity contribution in [3.8, 4) is 0 Å². The van der Waals surface area contributed by atoms with Crippen LogP contribution in [0.4, 0.5) is 20.6 Å². The minimum absolute atomic E-state index is 0.0730. The average molecular weight is 439 g/mol.